The van der Waals surface area contributed by atoms with Crippen LogP contribution < -0.4 is 0 Å². The molecule has 1 aromatic heterocycles. The van der Waals surface area contributed by atoms with Crippen molar-refractivity contribution in [1.29, 1.82) is 0 Å². The van der Waals surface area contributed by atoms with Crippen LogP contribution in [-0.2, 0) is 4.74 Å². The Hall–Kier alpha value is -2.43. The number of hydrogen-bond donors (Lipinski definition) is 0. The minimum Gasteiger partial charge on any atom is -0.464 e. The number of halogens is 1. The van der Waals surface area contributed by atoms with E-state index in [4.69, 9.17) is 4.42 Å². The Balaban J connectivity index is 2.11. The second kappa shape index (κ2) is 5.27. The van der Waals surface area contributed by atoms with Crippen molar-refractivity contribution in [3.8, 4) is 0 Å². The molecule has 18 heavy (non-hydrogen) atoms. The van der Waals surface area contributed by atoms with Gasteiger partial charge >= 0.3 is 5.97 Å². The maximum Gasteiger partial charge on any atom is 0.360 e. The number of benzene rings is 1. The zero-order valence-electron chi connectivity index (χ0n) is 9.59. The predicted molar refractivity (Wildman–Crippen MR) is 63.2 cm³/mol. The molecule has 92 valence electrons. The van der Waals surface area contributed by atoms with Crippen LogP contribution in [0.2, 0.25) is 0 Å². The fourth-order valence-corrected chi connectivity index (χ4v) is 1.30. The lowest BCUT2D eigenvalue weighted by Gasteiger charge is -1.91. The first kappa shape index (κ1) is 12.0. The molecule has 2 aromatic rings. The second-order valence-corrected chi connectivity index (χ2v) is 3.45. The highest BCUT2D eigenvalue weighted by atomic mass is 19.1. The van der Waals surface area contributed by atoms with Gasteiger partial charge in [0.05, 0.1) is 7.11 Å². The molecule has 0 fully saturated rings. The van der Waals surface area contributed by atoms with Crippen LogP contribution in [0.1, 0.15) is 21.9 Å². The molecule has 0 unspecified atom stereocenters. The Morgan fingerprint density at radius 3 is 2.72 bits per heavy atom. The van der Waals surface area contributed by atoms with E-state index in [1.807, 2.05) is 0 Å². The van der Waals surface area contributed by atoms with Crippen LogP contribution in [0.15, 0.2) is 34.9 Å². The summed E-state index contributed by atoms with van der Waals surface area (Å²) in [5.74, 6) is -0.573. The van der Waals surface area contributed by atoms with Crippen molar-refractivity contribution in [3.05, 3.63) is 53.5 Å². The zero-order chi connectivity index (χ0) is 13.0. The van der Waals surface area contributed by atoms with E-state index in [9.17, 15) is 9.18 Å². The van der Waals surface area contributed by atoms with Crippen LogP contribution in [0.3, 0.4) is 0 Å². The number of methoxy groups -OCH3 is 1. The van der Waals surface area contributed by atoms with Gasteiger partial charge in [-0.05, 0) is 23.8 Å². The van der Waals surface area contributed by atoms with Gasteiger partial charge in [0.1, 0.15) is 12.1 Å². The average molecular weight is 247 g/mol. The summed E-state index contributed by atoms with van der Waals surface area (Å²) in [6.07, 6.45) is 4.50. The van der Waals surface area contributed by atoms with Crippen molar-refractivity contribution in [2.24, 2.45) is 0 Å². The van der Waals surface area contributed by atoms with E-state index in [1.54, 1.807) is 24.3 Å². The van der Waals surface area contributed by atoms with E-state index in [1.165, 1.54) is 25.5 Å². The number of hydrogen-bond acceptors (Lipinski definition) is 4. The third-order valence-corrected chi connectivity index (χ3v) is 2.20. The van der Waals surface area contributed by atoms with Gasteiger partial charge in [-0.1, -0.05) is 12.1 Å². The molecule has 4 nitrogen and oxygen atoms in total. The van der Waals surface area contributed by atoms with Gasteiger partial charge in [-0.3, -0.25) is 0 Å². The van der Waals surface area contributed by atoms with Gasteiger partial charge < -0.3 is 9.15 Å². The van der Waals surface area contributed by atoms with Gasteiger partial charge in [0.25, 0.3) is 0 Å². The molecule has 0 saturated heterocycles. The molecule has 0 aliphatic rings. The van der Waals surface area contributed by atoms with Crippen molar-refractivity contribution in [3.63, 3.8) is 0 Å². The molecule has 2 rings (SSSR count). The fraction of sp³-hybridized carbons (Fsp3) is 0.0769. The molecule has 0 N–H and O–H groups in total. The van der Waals surface area contributed by atoms with Gasteiger partial charge in [-0.25, -0.2) is 14.2 Å². The van der Waals surface area contributed by atoms with Gasteiger partial charge in [0.2, 0.25) is 5.89 Å². The highest BCUT2D eigenvalue weighted by molar-refractivity contribution is 5.87. The van der Waals surface area contributed by atoms with Crippen LogP contribution in [0, 0.1) is 5.82 Å². The van der Waals surface area contributed by atoms with Gasteiger partial charge in [-0.15, -0.1) is 0 Å². The molecule has 0 saturated carbocycles. The molecular weight excluding hydrogens is 237 g/mol. The maximum absolute atomic E-state index is 12.7. The maximum atomic E-state index is 12.7. The summed E-state index contributed by atoms with van der Waals surface area (Å²) in [7, 11) is 1.27. The topological polar surface area (TPSA) is 52.3 Å². The number of rotatable bonds is 3. The molecule has 0 atom stereocenters. The number of aromatic nitrogens is 1. The van der Waals surface area contributed by atoms with Crippen molar-refractivity contribution in [2.45, 2.75) is 0 Å². The minimum atomic E-state index is -0.555. The Labute approximate surface area is 103 Å². The first-order valence-electron chi connectivity index (χ1n) is 5.16. The van der Waals surface area contributed by atoms with Crippen LogP contribution >= 0.6 is 0 Å². The van der Waals surface area contributed by atoms with Crippen molar-refractivity contribution in [2.75, 3.05) is 7.11 Å². The Morgan fingerprint density at radius 1 is 1.33 bits per heavy atom. The summed E-state index contributed by atoms with van der Waals surface area (Å²) >= 11 is 0. The predicted octanol–water partition coefficient (Wildman–Crippen LogP) is 2.77. The van der Waals surface area contributed by atoms with E-state index in [0.29, 0.717) is 0 Å². The fourth-order valence-electron chi connectivity index (χ4n) is 1.30. The number of carbonyl (C=O) groups is 1. The molecule has 0 aliphatic heterocycles. The molecule has 0 bridgehead atoms. The van der Waals surface area contributed by atoms with E-state index in [-0.39, 0.29) is 17.4 Å². The zero-order valence-corrected chi connectivity index (χ0v) is 9.59. The van der Waals surface area contributed by atoms with Crippen LogP contribution in [0.25, 0.3) is 12.2 Å². The molecule has 5 heteroatoms. The molecule has 1 heterocycles. The summed E-state index contributed by atoms with van der Waals surface area (Å²) in [6.45, 7) is 0. The highest BCUT2D eigenvalue weighted by Crippen LogP contribution is 2.10. The highest BCUT2D eigenvalue weighted by Gasteiger charge is 2.10. The number of esters is 1. The monoisotopic (exact) mass is 247 g/mol. The number of oxazole rings is 1. The number of ether oxygens (including phenoxy) is 1. The van der Waals surface area contributed by atoms with E-state index < -0.39 is 5.97 Å². The number of carbonyl (C=O) groups excluding carboxylic acids is 1. The third-order valence-electron chi connectivity index (χ3n) is 2.20. The number of nitrogens with zero attached hydrogens (tertiary/aromatic N) is 1. The van der Waals surface area contributed by atoms with E-state index in [2.05, 4.69) is 9.72 Å². The summed E-state index contributed by atoms with van der Waals surface area (Å²) in [5.41, 5.74) is 0.908. The quantitative estimate of drug-likeness (QED) is 0.782. The van der Waals surface area contributed by atoms with Crippen molar-refractivity contribution >= 4 is 18.1 Å². The lowest BCUT2D eigenvalue weighted by Crippen LogP contribution is -2.00. The lowest BCUT2D eigenvalue weighted by molar-refractivity contribution is 0.0594. The third kappa shape index (κ3) is 2.82. The normalized spacial score (nSPS) is 10.8. The molecule has 0 aliphatic carbocycles. The first-order chi connectivity index (χ1) is 8.69. The summed E-state index contributed by atoms with van der Waals surface area (Å²) in [5, 5.41) is 0. The van der Waals surface area contributed by atoms with Crippen LogP contribution in [0.4, 0.5) is 4.39 Å². The van der Waals surface area contributed by atoms with Crippen LogP contribution in [0.5, 0.6) is 0 Å². The molecular formula is C13H10FNO3. The standard InChI is InChI=1S/C13H10FNO3/c1-17-13(16)11-8-18-12(15-11)7-4-9-2-5-10(14)6-3-9/h2-8H,1H3/b7-4+. The van der Waals surface area contributed by atoms with E-state index in [0.717, 1.165) is 5.56 Å². The van der Waals surface area contributed by atoms with Crippen molar-refractivity contribution in [1.82, 2.24) is 4.98 Å². The lowest BCUT2D eigenvalue weighted by atomic mass is 10.2. The van der Waals surface area contributed by atoms with Gasteiger partial charge in [-0.2, -0.15) is 0 Å². The SMILES string of the molecule is COC(=O)c1coc(/C=C/c2ccc(F)cc2)n1. The van der Waals surface area contributed by atoms with Gasteiger partial charge in [0, 0.05) is 6.08 Å². The largest absolute Gasteiger partial charge is 0.464 e. The smallest absolute Gasteiger partial charge is 0.360 e. The Bertz CT molecular complexity index is 572. The molecule has 0 spiro atoms. The average Bonchev–Trinajstić information content (AvgIpc) is 2.86. The Kier molecular flexibility index (Phi) is 3.52. The van der Waals surface area contributed by atoms with Crippen molar-refractivity contribution < 1.29 is 18.3 Å². The van der Waals surface area contributed by atoms with Crippen LogP contribution in [-0.4, -0.2) is 18.1 Å². The second-order valence-electron chi connectivity index (χ2n) is 3.45. The molecule has 0 radical (unpaired) electrons. The first-order valence-corrected chi connectivity index (χ1v) is 5.16. The van der Waals surface area contributed by atoms with E-state index >= 15 is 0 Å². The Morgan fingerprint density at radius 2 is 2.06 bits per heavy atom. The summed E-state index contributed by atoms with van der Waals surface area (Å²) < 4.78 is 22.2. The summed E-state index contributed by atoms with van der Waals surface area (Å²) in [6, 6.07) is 5.95. The van der Waals surface area contributed by atoms with Gasteiger partial charge in [0.15, 0.2) is 5.69 Å². The molecule has 0 amide bonds. The summed E-state index contributed by atoms with van der Waals surface area (Å²) in [4.78, 5) is 15.0. The molecule has 1 aromatic carbocycles. The minimum absolute atomic E-state index is 0.108.